The lowest BCUT2D eigenvalue weighted by atomic mass is 10.3. The number of nitrogens with zero attached hydrogens (tertiary/aromatic N) is 1. The summed E-state index contributed by atoms with van der Waals surface area (Å²) in [7, 11) is -4.22. The minimum Gasteiger partial charge on any atom is -0.378 e. The smallest absolute Gasteiger partial charge is 0.304 e. The van der Waals surface area contributed by atoms with E-state index in [1.54, 1.807) is 4.90 Å². The molecule has 0 aliphatic carbocycles. The zero-order valence-corrected chi connectivity index (χ0v) is 10.5. The molecular formula is C9H11NO5S2. The van der Waals surface area contributed by atoms with E-state index in [0.29, 0.717) is 26.3 Å². The number of ether oxygens (including phenoxy) is 1. The molecule has 1 N–H and O–H groups in total. The van der Waals surface area contributed by atoms with Gasteiger partial charge in [0.25, 0.3) is 5.91 Å². The average molecular weight is 277 g/mol. The Morgan fingerprint density at radius 3 is 2.59 bits per heavy atom. The lowest BCUT2D eigenvalue weighted by molar-refractivity contribution is 0.0303. The summed E-state index contributed by atoms with van der Waals surface area (Å²) in [5, 5.41) is 1.43. The van der Waals surface area contributed by atoms with Gasteiger partial charge in [-0.2, -0.15) is 8.42 Å². The van der Waals surface area contributed by atoms with E-state index in [1.165, 1.54) is 11.4 Å². The van der Waals surface area contributed by atoms with Gasteiger partial charge in [0.2, 0.25) is 0 Å². The highest BCUT2D eigenvalue weighted by atomic mass is 32.3. The number of carbonyl (C=O) groups is 1. The van der Waals surface area contributed by atoms with Crippen LogP contribution in [-0.4, -0.2) is 50.1 Å². The molecule has 0 aromatic carbocycles. The Kier molecular flexibility index (Phi) is 3.48. The molecule has 6 nitrogen and oxygen atoms in total. The van der Waals surface area contributed by atoms with E-state index >= 15 is 0 Å². The molecule has 94 valence electrons. The predicted molar refractivity (Wildman–Crippen MR) is 60.9 cm³/mol. The van der Waals surface area contributed by atoms with Gasteiger partial charge in [-0.25, -0.2) is 0 Å². The largest absolute Gasteiger partial charge is 0.378 e. The minimum atomic E-state index is -4.22. The van der Waals surface area contributed by atoms with Crippen LogP contribution in [0.15, 0.2) is 15.7 Å². The monoisotopic (exact) mass is 277 g/mol. The van der Waals surface area contributed by atoms with Crippen molar-refractivity contribution in [2.75, 3.05) is 26.3 Å². The zero-order chi connectivity index (χ0) is 12.5. The fraction of sp³-hybridized carbons (Fsp3) is 0.444. The standard InChI is InChI=1S/C9H11NO5S2/c11-9(10-1-3-15-4-2-10)7-5-8(16-6-7)17(12,13)14/h5-6H,1-4H2,(H,12,13,14). The summed E-state index contributed by atoms with van der Waals surface area (Å²) in [4.78, 5) is 13.5. The third kappa shape index (κ3) is 2.83. The van der Waals surface area contributed by atoms with Crippen molar-refractivity contribution in [3.63, 3.8) is 0 Å². The van der Waals surface area contributed by atoms with Crippen LogP contribution in [0.2, 0.25) is 0 Å². The van der Waals surface area contributed by atoms with Gasteiger partial charge in [-0.15, -0.1) is 11.3 Å². The van der Waals surface area contributed by atoms with Crippen LogP contribution in [-0.2, 0) is 14.9 Å². The van der Waals surface area contributed by atoms with Crippen molar-refractivity contribution >= 4 is 27.4 Å². The molecule has 0 radical (unpaired) electrons. The Morgan fingerprint density at radius 1 is 1.41 bits per heavy atom. The Hall–Kier alpha value is -0.960. The first-order valence-corrected chi connectivity index (χ1v) is 7.23. The molecule has 1 amide bonds. The van der Waals surface area contributed by atoms with Gasteiger partial charge >= 0.3 is 10.1 Å². The van der Waals surface area contributed by atoms with Gasteiger partial charge in [-0.05, 0) is 6.07 Å². The third-order valence-electron chi connectivity index (χ3n) is 2.37. The van der Waals surface area contributed by atoms with Crippen LogP contribution < -0.4 is 0 Å². The number of hydrogen-bond acceptors (Lipinski definition) is 5. The summed E-state index contributed by atoms with van der Waals surface area (Å²) in [6.45, 7) is 1.97. The first kappa shape index (κ1) is 12.5. The molecule has 1 aromatic heterocycles. The zero-order valence-electron chi connectivity index (χ0n) is 8.83. The van der Waals surface area contributed by atoms with Gasteiger partial charge in [-0.3, -0.25) is 9.35 Å². The normalized spacial score (nSPS) is 17.1. The number of carbonyl (C=O) groups excluding carboxylic acids is 1. The highest BCUT2D eigenvalue weighted by Crippen LogP contribution is 2.21. The fourth-order valence-corrected chi connectivity index (χ4v) is 3.03. The van der Waals surface area contributed by atoms with Crippen LogP contribution >= 0.6 is 11.3 Å². The second-order valence-electron chi connectivity index (χ2n) is 3.53. The summed E-state index contributed by atoms with van der Waals surface area (Å²) in [5.74, 6) is -0.237. The number of morpholine rings is 1. The van der Waals surface area contributed by atoms with Crippen molar-refractivity contribution < 1.29 is 22.5 Å². The Morgan fingerprint density at radius 2 is 2.06 bits per heavy atom. The summed E-state index contributed by atoms with van der Waals surface area (Å²) in [6.07, 6.45) is 0. The van der Waals surface area contributed by atoms with Crippen molar-refractivity contribution in [2.24, 2.45) is 0 Å². The molecule has 8 heteroatoms. The maximum atomic E-state index is 11.9. The quantitative estimate of drug-likeness (QED) is 0.794. The topological polar surface area (TPSA) is 83.9 Å². The molecule has 17 heavy (non-hydrogen) atoms. The molecule has 0 atom stereocenters. The van der Waals surface area contributed by atoms with Crippen molar-refractivity contribution in [2.45, 2.75) is 4.21 Å². The SMILES string of the molecule is O=C(c1csc(S(=O)(=O)O)c1)N1CCOCC1. The summed E-state index contributed by atoms with van der Waals surface area (Å²) < 4.78 is 35.5. The first-order chi connectivity index (χ1) is 7.98. The average Bonchev–Trinajstić information content (AvgIpc) is 2.78. The van der Waals surface area contributed by atoms with E-state index in [-0.39, 0.29) is 15.7 Å². The maximum absolute atomic E-state index is 11.9. The molecule has 2 rings (SSSR count). The van der Waals surface area contributed by atoms with Crippen LogP contribution in [0.1, 0.15) is 10.4 Å². The van der Waals surface area contributed by atoms with Gasteiger partial charge in [0.15, 0.2) is 0 Å². The molecule has 0 bridgehead atoms. The molecule has 1 saturated heterocycles. The molecular weight excluding hydrogens is 266 g/mol. The van der Waals surface area contributed by atoms with Gasteiger partial charge < -0.3 is 9.64 Å². The van der Waals surface area contributed by atoms with E-state index in [9.17, 15) is 13.2 Å². The Bertz CT molecular complexity index is 515. The molecule has 0 saturated carbocycles. The molecule has 2 heterocycles. The predicted octanol–water partition coefficient (Wildman–Crippen LogP) is 0.467. The Labute approximate surface area is 103 Å². The van der Waals surface area contributed by atoms with Crippen LogP contribution in [0.5, 0.6) is 0 Å². The molecule has 1 aromatic rings. The number of hydrogen-bond donors (Lipinski definition) is 1. The lowest BCUT2D eigenvalue weighted by Gasteiger charge is -2.26. The van der Waals surface area contributed by atoms with E-state index in [1.807, 2.05) is 0 Å². The molecule has 1 aliphatic heterocycles. The fourth-order valence-electron chi connectivity index (χ4n) is 1.51. The summed E-state index contributed by atoms with van der Waals surface area (Å²) in [5.41, 5.74) is 0.282. The highest BCUT2D eigenvalue weighted by Gasteiger charge is 2.22. The van der Waals surface area contributed by atoms with Crippen molar-refractivity contribution in [3.8, 4) is 0 Å². The number of rotatable bonds is 2. The van der Waals surface area contributed by atoms with Crippen LogP contribution in [0.3, 0.4) is 0 Å². The molecule has 0 spiro atoms. The second kappa shape index (κ2) is 4.73. The number of amides is 1. The van der Waals surface area contributed by atoms with Crippen molar-refractivity contribution in [1.82, 2.24) is 4.90 Å². The van der Waals surface area contributed by atoms with Gasteiger partial charge in [0, 0.05) is 18.5 Å². The summed E-state index contributed by atoms with van der Waals surface area (Å²) >= 11 is 0.832. The van der Waals surface area contributed by atoms with E-state index in [0.717, 1.165) is 11.3 Å². The van der Waals surface area contributed by atoms with E-state index in [4.69, 9.17) is 9.29 Å². The van der Waals surface area contributed by atoms with Gasteiger partial charge in [0.1, 0.15) is 4.21 Å². The highest BCUT2D eigenvalue weighted by molar-refractivity contribution is 7.88. The molecule has 1 aliphatic rings. The van der Waals surface area contributed by atoms with Crippen molar-refractivity contribution in [3.05, 3.63) is 17.0 Å². The first-order valence-electron chi connectivity index (χ1n) is 4.91. The van der Waals surface area contributed by atoms with Crippen LogP contribution in [0.4, 0.5) is 0 Å². The van der Waals surface area contributed by atoms with Crippen LogP contribution in [0.25, 0.3) is 0 Å². The molecule has 0 unspecified atom stereocenters. The van der Waals surface area contributed by atoms with Gasteiger partial charge in [-0.1, -0.05) is 0 Å². The molecule has 1 fully saturated rings. The third-order valence-corrected chi connectivity index (χ3v) is 4.64. The van der Waals surface area contributed by atoms with E-state index < -0.39 is 10.1 Å². The van der Waals surface area contributed by atoms with Gasteiger partial charge in [0.05, 0.1) is 18.8 Å². The maximum Gasteiger partial charge on any atom is 0.304 e. The van der Waals surface area contributed by atoms with Crippen LogP contribution in [0, 0.1) is 0 Å². The second-order valence-corrected chi connectivity index (χ2v) is 6.09. The Balaban J connectivity index is 2.17. The minimum absolute atomic E-state index is 0.214. The van der Waals surface area contributed by atoms with Crippen molar-refractivity contribution in [1.29, 1.82) is 0 Å². The summed E-state index contributed by atoms with van der Waals surface area (Å²) in [6, 6.07) is 1.19. The lowest BCUT2D eigenvalue weighted by Crippen LogP contribution is -2.40. The van der Waals surface area contributed by atoms with E-state index in [2.05, 4.69) is 0 Å². The number of thiophene rings is 1.